The largest absolute Gasteiger partial charge is 0.253 e. The Kier molecular flexibility index (Phi) is 3.17. The van der Waals surface area contributed by atoms with Crippen molar-refractivity contribution in [3.8, 4) is 0 Å². The van der Waals surface area contributed by atoms with Crippen molar-refractivity contribution in [2.75, 3.05) is 6.26 Å². The van der Waals surface area contributed by atoms with E-state index in [1.807, 2.05) is 6.92 Å². The molecule has 0 aliphatic heterocycles. The number of nitrogens with zero attached hydrogens (tertiary/aromatic N) is 2. The van der Waals surface area contributed by atoms with Crippen LogP contribution in [0.1, 0.15) is 12.6 Å². The molecule has 1 atom stereocenters. The molecule has 0 bridgehead atoms. The van der Waals surface area contributed by atoms with Crippen LogP contribution in [0, 0.1) is 0 Å². The maximum atomic E-state index is 11.1. The molecule has 0 aliphatic carbocycles. The molecular weight excluding hydrogens is 196 g/mol. The van der Waals surface area contributed by atoms with E-state index in [2.05, 4.69) is 9.97 Å². The van der Waals surface area contributed by atoms with E-state index in [9.17, 15) is 4.21 Å². The summed E-state index contributed by atoms with van der Waals surface area (Å²) >= 11 is 5.89. The second kappa shape index (κ2) is 3.96. The zero-order valence-electron chi connectivity index (χ0n) is 6.87. The third-order valence-corrected chi connectivity index (χ3v) is 2.80. The van der Waals surface area contributed by atoms with Crippen molar-refractivity contribution < 1.29 is 4.21 Å². The number of hydrogen-bond donors (Lipinski definition) is 0. The van der Waals surface area contributed by atoms with Gasteiger partial charge < -0.3 is 0 Å². The molecule has 1 rings (SSSR count). The van der Waals surface area contributed by atoms with Crippen LogP contribution in [0.3, 0.4) is 0 Å². The van der Waals surface area contributed by atoms with Gasteiger partial charge >= 0.3 is 0 Å². The average molecular weight is 205 g/mol. The molecule has 0 aliphatic rings. The van der Waals surface area contributed by atoms with Crippen molar-refractivity contribution in [1.82, 2.24) is 9.97 Å². The Bertz CT molecular complexity index is 316. The van der Waals surface area contributed by atoms with Crippen LogP contribution >= 0.6 is 11.6 Å². The molecule has 1 aromatic rings. The van der Waals surface area contributed by atoms with Crippen LogP contribution in [0.4, 0.5) is 0 Å². The SMILES string of the molecule is CCc1ncnc(S(C)=O)c1Cl. The van der Waals surface area contributed by atoms with Crippen LogP contribution in [0.15, 0.2) is 11.4 Å². The molecule has 12 heavy (non-hydrogen) atoms. The van der Waals surface area contributed by atoms with Gasteiger partial charge in [-0.1, -0.05) is 18.5 Å². The van der Waals surface area contributed by atoms with Gasteiger partial charge in [-0.3, -0.25) is 4.21 Å². The summed E-state index contributed by atoms with van der Waals surface area (Å²) in [6, 6.07) is 0. The monoisotopic (exact) mass is 204 g/mol. The van der Waals surface area contributed by atoms with Gasteiger partial charge in [0.15, 0.2) is 0 Å². The van der Waals surface area contributed by atoms with Gasteiger partial charge in [0.1, 0.15) is 11.4 Å². The minimum absolute atomic E-state index is 0.420. The molecule has 3 nitrogen and oxygen atoms in total. The van der Waals surface area contributed by atoms with Crippen molar-refractivity contribution in [1.29, 1.82) is 0 Å². The topological polar surface area (TPSA) is 42.9 Å². The third kappa shape index (κ3) is 1.81. The van der Waals surface area contributed by atoms with Crippen molar-refractivity contribution in [3.05, 3.63) is 17.0 Å². The Morgan fingerprint density at radius 2 is 2.25 bits per heavy atom. The van der Waals surface area contributed by atoms with E-state index < -0.39 is 10.8 Å². The molecule has 0 saturated carbocycles. The highest BCUT2D eigenvalue weighted by Crippen LogP contribution is 2.19. The smallest absolute Gasteiger partial charge is 0.149 e. The lowest BCUT2D eigenvalue weighted by Crippen LogP contribution is -1.99. The number of rotatable bonds is 2. The van der Waals surface area contributed by atoms with Gasteiger partial charge in [0.2, 0.25) is 0 Å². The van der Waals surface area contributed by atoms with E-state index in [1.54, 1.807) is 6.26 Å². The maximum absolute atomic E-state index is 11.1. The van der Waals surface area contributed by atoms with E-state index >= 15 is 0 Å². The molecule has 5 heteroatoms. The van der Waals surface area contributed by atoms with Gasteiger partial charge in [-0.25, -0.2) is 9.97 Å². The van der Waals surface area contributed by atoms with Crippen LogP contribution in [0.25, 0.3) is 0 Å². The molecule has 0 spiro atoms. The molecule has 1 aromatic heterocycles. The molecule has 0 amide bonds. The van der Waals surface area contributed by atoms with Crippen molar-refractivity contribution >= 4 is 22.4 Å². The minimum atomic E-state index is -1.14. The molecule has 1 unspecified atom stereocenters. The third-order valence-electron chi connectivity index (χ3n) is 1.44. The predicted octanol–water partition coefficient (Wildman–Crippen LogP) is 1.43. The standard InChI is InChI=1S/C7H9ClN2OS/c1-3-5-6(8)7(12(2)11)10-4-9-5/h4H,3H2,1-2H3. The van der Waals surface area contributed by atoms with Crippen LogP contribution in [-0.2, 0) is 17.2 Å². The zero-order valence-corrected chi connectivity index (χ0v) is 8.45. The van der Waals surface area contributed by atoms with Crippen molar-refractivity contribution in [3.63, 3.8) is 0 Å². The normalized spacial score (nSPS) is 12.9. The lowest BCUT2D eigenvalue weighted by atomic mass is 10.3. The van der Waals surface area contributed by atoms with Crippen LogP contribution in [0.2, 0.25) is 5.02 Å². The first-order chi connectivity index (χ1) is 5.66. The zero-order chi connectivity index (χ0) is 9.14. The fourth-order valence-electron chi connectivity index (χ4n) is 0.835. The van der Waals surface area contributed by atoms with Crippen molar-refractivity contribution in [2.45, 2.75) is 18.4 Å². The highest BCUT2D eigenvalue weighted by atomic mass is 35.5. The molecule has 0 radical (unpaired) electrons. The van der Waals surface area contributed by atoms with Gasteiger partial charge in [0, 0.05) is 6.26 Å². The van der Waals surface area contributed by atoms with Gasteiger partial charge in [-0.2, -0.15) is 0 Å². The first-order valence-corrected chi connectivity index (χ1v) is 5.43. The number of aromatic nitrogens is 2. The van der Waals surface area contributed by atoms with Gasteiger partial charge in [0.25, 0.3) is 0 Å². The Morgan fingerprint density at radius 1 is 1.58 bits per heavy atom. The summed E-state index contributed by atoms with van der Waals surface area (Å²) in [5, 5.41) is 0.851. The Hall–Kier alpha value is -0.480. The van der Waals surface area contributed by atoms with Gasteiger partial charge in [0.05, 0.1) is 21.5 Å². The average Bonchev–Trinajstić information content (AvgIpc) is 2.04. The number of aryl methyl sites for hydroxylation is 1. The summed E-state index contributed by atoms with van der Waals surface area (Å²) in [5.41, 5.74) is 0.747. The van der Waals surface area contributed by atoms with Crippen LogP contribution < -0.4 is 0 Å². The molecule has 0 saturated heterocycles. The second-order valence-corrected chi connectivity index (χ2v) is 3.92. The maximum Gasteiger partial charge on any atom is 0.149 e. The lowest BCUT2D eigenvalue weighted by molar-refractivity contribution is 0.683. The first-order valence-electron chi connectivity index (χ1n) is 3.49. The van der Waals surface area contributed by atoms with E-state index in [1.165, 1.54) is 6.33 Å². The first kappa shape index (κ1) is 9.61. The molecule has 66 valence electrons. The van der Waals surface area contributed by atoms with E-state index in [0.717, 1.165) is 12.1 Å². The highest BCUT2D eigenvalue weighted by Gasteiger charge is 2.09. The molecule has 0 fully saturated rings. The fourth-order valence-corrected chi connectivity index (χ4v) is 1.96. The van der Waals surface area contributed by atoms with Gasteiger partial charge in [-0.15, -0.1) is 0 Å². The van der Waals surface area contributed by atoms with E-state index in [0.29, 0.717) is 10.0 Å². The quantitative estimate of drug-likeness (QED) is 0.685. The second-order valence-electron chi connectivity index (χ2n) is 2.25. The number of halogens is 1. The molecule has 1 heterocycles. The molecule has 0 aromatic carbocycles. The Balaban J connectivity index is 3.23. The van der Waals surface area contributed by atoms with E-state index in [-0.39, 0.29) is 0 Å². The minimum Gasteiger partial charge on any atom is -0.253 e. The molecule has 0 N–H and O–H groups in total. The summed E-state index contributed by atoms with van der Waals surface area (Å²) in [5.74, 6) is 0. The fraction of sp³-hybridized carbons (Fsp3) is 0.429. The summed E-state index contributed by atoms with van der Waals surface area (Å²) in [4.78, 5) is 7.81. The Morgan fingerprint density at radius 3 is 2.75 bits per heavy atom. The van der Waals surface area contributed by atoms with E-state index in [4.69, 9.17) is 11.6 Å². The van der Waals surface area contributed by atoms with Gasteiger partial charge in [-0.05, 0) is 6.42 Å². The summed E-state index contributed by atoms with van der Waals surface area (Å²) in [6.45, 7) is 1.94. The van der Waals surface area contributed by atoms with Crippen LogP contribution in [-0.4, -0.2) is 20.4 Å². The summed E-state index contributed by atoms with van der Waals surface area (Å²) < 4.78 is 11.1. The molecular formula is C7H9ClN2OS. The predicted molar refractivity (Wildman–Crippen MR) is 48.8 cm³/mol. The van der Waals surface area contributed by atoms with Crippen LogP contribution in [0.5, 0.6) is 0 Å². The highest BCUT2D eigenvalue weighted by molar-refractivity contribution is 7.84. The summed E-state index contributed by atoms with van der Waals surface area (Å²) in [7, 11) is -1.14. The van der Waals surface area contributed by atoms with Crippen molar-refractivity contribution in [2.24, 2.45) is 0 Å². The number of hydrogen-bond acceptors (Lipinski definition) is 3. The lowest BCUT2D eigenvalue weighted by Gasteiger charge is -2.02. The Labute approximate surface area is 78.6 Å². The summed E-state index contributed by atoms with van der Waals surface area (Å²) in [6.07, 6.45) is 3.67.